The standard InChI is InChI=1S/C16H22N4O/c1-12-14(20-8-4-3-5-15(20)18-12)11-19(2)16(21)9-13-6-7-17-10-13/h3-5,8,13,17H,6-7,9-11H2,1-2H3. The number of hydrogen-bond donors (Lipinski definition) is 1. The van der Waals surface area contributed by atoms with E-state index in [4.69, 9.17) is 0 Å². The van der Waals surface area contributed by atoms with E-state index >= 15 is 0 Å². The topological polar surface area (TPSA) is 49.6 Å². The number of nitrogens with one attached hydrogen (secondary N) is 1. The molecular weight excluding hydrogens is 264 g/mol. The molecule has 0 aromatic carbocycles. The zero-order valence-electron chi connectivity index (χ0n) is 12.7. The molecule has 0 aliphatic carbocycles. The van der Waals surface area contributed by atoms with Crippen molar-refractivity contribution in [2.45, 2.75) is 26.3 Å². The first-order valence-corrected chi connectivity index (χ1v) is 7.52. The summed E-state index contributed by atoms with van der Waals surface area (Å²) in [6.07, 6.45) is 3.75. The molecule has 1 atom stereocenters. The van der Waals surface area contributed by atoms with Gasteiger partial charge in [-0.3, -0.25) is 4.79 Å². The van der Waals surface area contributed by atoms with Crippen LogP contribution in [0.5, 0.6) is 0 Å². The van der Waals surface area contributed by atoms with Crippen LogP contribution in [0.3, 0.4) is 0 Å². The minimum atomic E-state index is 0.217. The van der Waals surface area contributed by atoms with Crippen molar-refractivity contribution in [1.29, 1.82) is 0 Å². The number of nitrogens with zero attached hydrogens (tertiary/aromatic N) is 3. The first kappa shape index (κ1) is 14.1. The zero-order chi connectivity index (χ0) is 14.8. The molecule has 21 heavy (non-hydrogen) atoms. The number of aryl methyl sites for hydroxylation is 1. The Morgan fingerprint density at radius 3 is 3.14 bits per heavy atom. The van der Waals surface area contributed by atoms with Crippen molar-refractivity contribution in [2.75, 3.05) is 20.1 Å². The van der Waals surface area contributed by atoms with Crippen LogP contribution in [0.4, 0.5) is 0 Å². The Kier molecular flexibility index (Phi) is 3.92. The van der Waals surface area contributed by atoms with Gasteiger partial charge in [0.05, 0.1) is 17.9 Å². The van der Waals surface area contributed by atoms with Gasteiger partial charge >= 0.3 is 0 Å². The fraction of sp³-hybridized carbons (Fsp3) is 0.500. The molecule has 1 aliphatic rings. The van der Waals surface area contributed by atoms with Crippen molar-refractivity contribution in [3.63, 3.8) is 0 Å². The number of hydrogen-bond acceptors (Lipinski definition) is 3. The Morgan fingerprint density at radius 1 is 1.52 bits per heavy atom. The Hall–Kier alpha value is -1.88. The van der Waals surface area contributed by atoms with E-state index in [1.165, 1.54) is 0 Å². The molecule has 1 unspecified atom stereocenters. The number of imidazole rings is 1. The molecule has 0 spiro atoms. The van der Waals surface area contributed by atoms with Crippen LogP contribution in [0.2, 0.25) is 0 Å². The molecule has 1 saturated heterocycles. The number of amides is 1. The molecule has 112 valence electrons. The van der Waals surface area contributed by atoms with Crippen LogP contribution in [-0.2, 0) is 11.3 Å². The summed E-state index contributed by atoms with van der Waals surface area (Å²) in [6.45, 7) is 4.61. The predicted molar refractivity (Wildman–Crippen MR) is 82.0 cm³/mol. The number of fused-ring (bicyclic) bond motifs is 1. The number of aromatic nitrogens is 2. The highest BCUT2D eigenvalue weighted by molar-refractivity contribution is 5.76. The fourth-order valence-corrected chi connectivity index (χ4v) is 2.96. The third-order valence-corrected chi connectivity index (χ3v) is 4.27. The van der Waals surface area contributed by atoms with Crippen molar-refractivity contribution >= 4 is 11.6 Å². The summed E-state index contributed by atoms with van der Waals surface area (Å²) in [5, 5.41) is 3.31. The van der Waals surface area contributed by atoms with Crippen LogP contribution >= 0.6 is 0 Å². The minimum Gasteiger partial charge on any atom is -0.340 e. The highest BCUT2D eigenvalue weighted by Gasteiger charge is 2.21. The Balaban J connectivity index is 1.72. The van der Waals surface area contributed by atoms with Crippen LogP contribution in [0.25, 0.3) is 5.65 Å². The first-order chi connectivity index (χ1) is 10.1. The molecule has 2 aromatic heterocycles. The third-order valence-electron chi connectivity index (χ3n) is 4.27. The van der Waals surface area contributed by atoms with Crippen molar-refractivity contribution in [3.8, 4) is 0 Å². The maximum atomic E-state index is 12.3. The quantitative estimate of drug-likeness (QED) is 0.929. The lowest BCUT2D eigenvalue weighted by Crippen LogP contribution is -2.29. The monoisotopic (exact) mass is 286 g/mol. The van der Waals surface area contributed by atoms with Gasteiger partial charge in [-0.25, -0.2) is 4.98 Å². The molecule has 1 fully saturated rings. The van der Waals surface area contributed by atoms with Gasteiger partial charge in [0.15, 0.2) is 0 Å². The molecule has 5 heteroatoms. The largest absolute Gasteiger partial charge is 0.340 e. The molecular formula is C16H22N4O. The van der Waals surface area contributed by atoms with E-state index in [2.05, 4.69) is 14.7 Å². The van der Waals surface area contributed by atoms with Gasteiger partial charge in [0.2, 0.25) is 5.91 Å². The molecule has 0 radical (unpaired) electrons. The molecule has 2 aromatic rings. The second kappa shape index (κ2) is 5.85. The van der Waals surface area contributed by atoms with E-state index in [-0.39, 0.29) is 5.91 Å². The second-order valence-corrected chi connectivity index (χ2v) is 5.89. The van der Waals surface area contributed by atoms with Gasteiger partial charge in [0.25, 0.3) is 0 Å². The van der Waals surface area contributed by atoms with E-state index in [0.29, 0.717) is 18.9 Å². The lowest BCUT2D eigenvalue weighted by molar-refractivity contribution is -0.131. The minimum absolute atomic E-state index is 0.217. The summed E-state index contributed by atoms with van der Waals surface area (Å²) in [7, 11) is 1.88. The Labute approximate surface area is 125 Å². The first-order valence-electron chi connectivity index (χ1n) is 7.52. The van der Waals surface area contributed by atoms with E-state index < -0.39 is 0 Å². The average Bonchev–Trinajstić information content (AvgIpc) is 3.07. The summed E-state index contributed by atoms with van der Waals surface area (Å²) in [4.78, 5) is 18.7. The fourth-order valence-electron chi connectivity index (χ4n) is 2.96. The summed E-state index contributed by atoms with van der Waals surface area (Å²) in [5.41, 5.74) is 3.01. The van der Waals surface area contributed by atoms with Crippen LogP contribution in [-0.4, -0.2) is 40.3 Å². The maximum absolute atomic E-state index is 12.3. The molecule has 5 nitrogen and oxygen atoms in total. The van der Waals surface area contributed by atoms with Gasteiger partial charge in [-0.2, -0.15) is 0 Å². The SMILES string of the molecule is Cc1nc2ccccn2c1CN(C)C(=O)CC1CCNC1. The third kappa shape index (κ3) is 2.93. The molecule has 0 bridgehead atoms. The van der Waals surface area contributed by atoms with Crippen LogP contribution in [0.15, 0.2) is 24.4 Å². The normalized spacial score (nSPS) is 18.3. The Bertz CT molecular complexity index is 643. The van der Waals surface area contributed by atoms with E-state index in [1.54, 1.807) is 0 Å². The van der Waals surface area contributed by atoms with Crippen LogP contribution in [0.1, 0.15) is 24.2 Å². The average molecular weight is 286 g/mol. The van der Waals surface area contributed by atoms with Gasteiger partial charge in [-0.1, -0.05) is 6.07 Å². The highest BCUT2D eigenvalue weighted by atomic mass is 16.2. The smallest absolute Gasteiger partial charge is 0.222 e. The summed E-state index contributed by atoms with van der Waals surface area (Å²) < 4.78 is 2.07. The molecule has 1 aliphatic heterocycles. The summed E-state index contributed by atoms with van der Waals surface area (Å²) >= 11 is 0. The van der Waals surface area contributed by atoms with Gasteiger partial charge in [0, 0.05) is 19.7 Å². The Morgan fingerprint density at radius 2 is 2.38 bits per heavy atom. The highest BCUT2D eigenvalue weighted by Crippen LogP contribution is 2.17. The lowest BCUT2D eigenvalue weighted by Gasteiger charge is -2.19. The van der Waals surface area contributed by atoms with Crippen molar-refractivity contribution in [2.24, 2.45) is 5.92 Å². The predicted octanol–water partition coefficient (Wildman–Crippen LogP) is 1.60. The number of rotatable bonds is 4. The molecule has 0 saturated carbocycles. The van der Waals surface area contributed by atoms with E-state index in [1.807, 2.05) is 43.3 Å². The molecule has 3 rings (SSSR count). The van der Waals surface area contributed by atoms with Gasteiger partial charge < -0.3 is 14.6 Å². The van der Waals surface area contributed by atoms with Gasteiger partial charge in [-0.05, 0) is 44.5 Å². The molecule has 1 N–H and O–H groups in total. The van der Waals surface area contributed by atoms with E-state index in [9.17, 15) is 4.79 Å². The lowest BCUT2D eigenvalue weighted by atomic mass is 10.0. The molecule has 3 heterocycles. The number of pyridine rings is 1. The maximum Gasteiger partial charge on any atom is 0.222 e. The zero-order valence-corrected chi connectivity index (χ0v) is 12.7. The summed E-state index contributed by atoms with van der Waals surface area (Å²) in [6, 6.07) is 5.96. The summed E-state index contributed by atoms with van der Waals surface area (Å²) in [5.74, 6) is 0.706. The number of carbonyl (C=O) groups excluding carboxylic acids is 1. The van der Waals surface area contributed by atoms with Crippen molar-refractivity contribution in [1.82, 2.24) is 19.6 Å². The van der Waals surface area contributed by atoms with Crippen LogP contribution < -0.4 is 5.32 Å². The van der Waals surface area contributed by atoms with Gasteiger partial charge in [0.1, 0.15) is 5.65 Å². The van der Waals surface area contributed by atoms with Crippen LogP contribution in [0, 0.1) is 12.8 Å². The van der Waals surface area contributed by atoms with E-state index in [0.717, 1.165) is 36.5 Å². The van der Waals surface area contributed by atoms with Gasteiger partial charge in [-0.15, -0.1) is 0 Å². The molecule has 1 amide bonds. The van der Waals surface area contributed by atoms with Crippen molar-refractivity contribution in [3.05, 3.63) is 35.8 Å². The number of carbonyl (C=O) groups is 1. The second-order valence-electron chi connectivity index (χ2n) is 5.89. The van der Waals surface area contributed by atoms with Crippen molar-refractivity contribution < 1.29 is 4.79 Å².